The largest absolute Gasteiger partial charge is 0.496 e. The summed E-state index contributed by atoms with van der Waals surface area (Å²) in [6.07, 6.45) is 0. The quantitative estimate of drug-likeness (QED) is 0.653. The standard InChI is InChI=1S/C20H18BrNO3/c1-12-4-7-15(11-16(12)20(23)24)22-13(2)5-8-18(22)17-10-14(21)6-9-19(17)25-3/h4-11H,1-3H3,(H,23,24). The van der Waals surface area contributed by atoms with Crippen molar-refractivity contribution >= 4 is 21.9 Å². The Labute approximate surface area is 154 Å². The molecular formula is C20H18BrNO3. The summed E-state index contributed by atoms with van der Waals surface area (Å²) in [6, 6.07) is 15.3. The summed E-state index contributed by atoms with van der Waals surface area (Å²) in [5.74, 6) is -0.168. The molecule has 0 bridgehead atoms. The first kappa shape index (κ1) is 17.3. The minimum absolute atomic E-state index is 0.303. The van der Waals surface area contributed by atoms with E-state index in [0.717, 1.165) is 38.4 Å². The summed E-state index contributed by atoms with van der Waals surface area (Å²) in [5.41, 5.74) is 4.73. The van der Waals surface area contributed by atoms with Crippen LogP contribution in [0.5, 0.6) is 5.75 Å². The van der Waals surface area contributed by atoms with Crippen molar-refractivity contribution in [2.24, 2.45) is 0 Å². The molecule has 1 heterocycles. The van der Waals surface area contributed by atoms with Gasteiger partial charge in [0.15, 0.2) is 0 Å². The highest BCUT2D eigenvalue weighted by Crippen LogP contribution is 2.35. The van der Waals surface area contributed by atoms with Crippen molar-refractivity contribution in [1.82, 2.24) is 4.57 Å². The minimum atomic E-state index is -0.925. The molecular weight excluding hydrogens is 382 g/mol. The number of rotatable bonds is 4. The molecule has 1 N–H and O–H groups in total. The molecule has 0 aliphatic heterocycles. The lowest BCUT2D eigenvalue weighted by atomic mass is 10.1. The van der Waals surface area contributed by atoms with Crippen molar-refractivity contribution < 1.29 is 14.6 Å². The van der Waals surface area contributed by atoms with E-state index < -0.39 is 5.97 Å². The van der Waals surface area contributed by atoms with E-state index in [0.29, 0.717) is 5.56 Å². The fraction of sp³-hybridized carbons (Fsp3) is 0.150. The molecule has 0 fully saturated rings. The van der Waals surface area contributed by atoms with Gasteiger partial charge in [0.05, 0.1) is 18.4 Å². The monoisotopic (exact) mass is 399 g/mol. The van der Waals surface area contributed by atoms with E-state index in [1.54, 1.807) is 20.1 Å². The van der Waals surface area contributed by atoms with Gasteiger partial charge in [-0.3, -0.25) is 0 Å². The number of aromatic carboxylic acids is 1. The van der Waals surface area contributed by atoms with Crippen molar-refractivity contribution in [3.63, 3.8) is 0 Å². The van der Waals surface area contributed by atoms with Crippen LogP contribution in [-0.2, 0) is 0 Å². The predicted octanol–water partition coefficient (Wildman–Crippen LogP) is 5.23. The molecule has 0 aliphatic rings. The van der Waals surface area contributed by atoms with Crippen LogP contribution < -0.4 is 4.74 Å². The number of benzene rings is 2. The minimum Gasteiger partial charge on any atom is -0.496 e. The molecule has 0 unspecified atom stereocenters. The maximum Gasteiger partial charge on any atom is 0.336 e. The Morgan fingerprint density at radius 1 is 1.08 bits per heavy atom. The summed E-state index contributed by atoms with van der Waals surface area (Å²) in [4.78, 5) is 11.5. The number of methoxy groups -OCH3 is 1. The highest BCUT2D eigenvalue weighted by atomic mass is 79.9. The van der Waals surface area contributed by atoms with Gasteiger partial charge in [-0.1, -0.05) is 22.0 Å². The number of hydrogen-bond acceptors (Lipinski definition) is 2. The highest BCUT2D eigenvalue weighted by molar-refractivity contribution is 9.10. The van der Waals surface area contributed by atoms with Crippen molar-refractivity contribution in [3.8, 4) is 22.7 Å². The molecule has 0 radical (unpaired) electrons. The fourth-order valence-corrected chi connectivity index (χ4v) is 3.31. The van der Waals surface area contributed by atoms with Gasteiger partial charge in [0.2, 0.25) is 0 Å². The number of ether oxygens (including phenoxy) is 1. The number of carboxylic acid groups (broad SMARTS) is 1. The smallest absolute Gasteiger partial charge is 0.336 e. The molecule has 3 rings (SSSR count). The molecule has 25 heavy (non-hydrogen) atoms. The summed E-state index contributed by atoms with van der Waals surface area (Å²) >= 11 is 3.51. The molecule has 128 valence electrons. The average Bonchev–Trinajstić information content (AvgIpc) is 2.96. The van der Waals surface area contributed by atoms with E-state index in [1.807, 2.05) is 54.0 Å². The maximum absolute atomic E-state index is 11.5. The topological polar surface area (TPSA) is 51.5 Å². The van der Waals surface area contributed by atoms with E-state index in [-0.39, 0.29) is 0 Å². The van der Waals surface area contributed by atoms with Gasteiger partial charge in [-0.05, 0) is 61.9 Å². The van der Waals surface area contributed by atoms with Gasteiger partial charge in [0.25, 0.3) is 0 Å². The van der Waals surface area contributed by atoms with Gasteiger partial charge >= 0.3 is 5.97 Å². The van der Waals surface area contributed by atoms with Crippen LogP contribution in [0.15, 0.2) is 53.0 Å². The second-order valence-electron chi connectivity index (χ2n) is 5.84. The van der Waals surface area contributed by atoms with Crippen LogP contribution in [0, 0.1) is 13.8 Å². The van der Waals surface area contributed by atoms with Crippen molar-refractivity contribution in [2.45, 2.75) is 13.8 Å². The Morgan fingerprint density at radius 3 is 2.52 bits per heavy atom. The van der Waals surface area contributed by atoms with Gasteiger partial charge in [-0.25, -0.2) is 4.79 Å². The molecule has 0 saturated carbocycles. The van der Waals surface area contributed by atoms with E-state index in [2.05, 4.69) is 15.9 Å². The first-order valence-corrected chi connectivity index (χ1v) is 8.58. The van der Waals surface area contributed by atoms with Crippen LogP contribution in [0.2, 0.25) is 0 Å². The molecule has 0 amide bonds. The summed E-state index contributed by atoms with van der Waals surface area (Å²) in [5, 5.41) is 9.43. The normalized spacial score (nSPS) is 10.7. The molecule has 1 aromatic heterocycles. The van der Waals surface area contributed by atoms with E-state index >= 15 is 0 Å². The Balaban J connectivity index is 2.24. The molecule has 0 aliphatic carbocycles. The predicted molar refractivity (Wildman–Crippen MR) is 102 cm³/mol. The van der Waals surface area contributed by atoms with Gasteiger partial charge in [0, 0.05) is 21.4 Å². The van der Waals surface area contributed by atoms with Crippen LogP contribution >= 0.6 is 15.9 Å². The second kappa shape index (κ2) is 6.76. The zero-order valence-electron chi connectivity index (χ0n) is 14.2. The first-order chi connectivity index (χ1) is 11.9. The molecule has 2 aromatic carbocycles. The van der Waals surface area contributed by atoms with Crippen molar-refractivity contribution in [3.05, 3.63) is 69.8 Å². The van der Waals surface area contributed by atoms with Gasteiger partial charge in [0.1, 0.15) is 5.75 Å². The third kappa shape index (κ3) is 3.20. The lowest BCUT2D eigenvalue weighted by molar-refractivity contribution is 0.0696. The molecule has 0 atom stereocenters. The Bertz CT molecular complexity index is 960. The third-order valence-electron chi connectivity index (χ3n) is 4.22. The SMILES string of the molecule is COc1ccc(Br)cc1-c1ccc(C)n1-c1ccc(C)c(C(=O)O)c1. The number of carboxylic acids is 1. The Kier molecular flexibility index (Phi) is 4.68. The highest BCUT2D eigenvalue weighted by Gasteiger charge is 2.16. The fourth-order valence-electron chi connectivity index (χ4n) is 2.95. The summed E-state index contributed by atoms with van der Waals surface area (Å²) < 4.78 is 8.49. The van der Waals surface area contributed by atoms with Gasteiger partial charge in [-0.2, -0.15) is 0 Å². The van der Waals surface area contributed by atoms with E-state index in [9.17, 15) is 9.90 Å². The average molecular weight is 400 g/mol. The van der Waals surface area contributed by atoms with Crippen LogP contribution in [0.25, 0.3) is 16.9 Å². The molecule has 3 aromatic rings. The number of halogens is 1. The van der Waals surface area contributed by atoms with Crippen LogP contribution in [0.4, 0.5) is 0 Å². The number of aryl methyl sites for hydroxylation is 2. The third-order valence-corrected chi connectivity index (χ3v) is 4.72. The maximum atomic E-state index is 11.5. The van der Waals surface area contributed by atoms with Crippen LogP contribution in [-0.4, -0.2) is 22.8 Å². The molecule has 4 nitrogen and oxygen atoms in total. The lowest BCUT2D eigenvalue weighted by Gasteiger charge is -2.16. The second-order valence-corrected chi connectivity index (χ2v) is 6.76. The number of carbonyl (C=O) groups is 1. The lowest BCUT2D eigenvalue weighted by Crippen LogP contribution is -2.05. The summed E-state index contributed by atoms with van der Waals surface area (Å²) in [7, 11) is 1.64. The van der Waals surface area contributed by atoms with E-state index in [1.165, 1.54) is 0 Å². The number of aromatic nitrogens is 1. The van der Waals surface area contributed by atoms with Crippen molar-refractivity contribution in [1.29, 1.82) is 0 Å². The number of hydrogen-bond donors (Lipinski definition) is 1. The van der Waals surface area contributed by atoms with E-state index in [4.69, 9.17) is 4.74 Å². The molecule has 5 heteroatoms. The Hall–Kier alpha value is -2.53. The van der Waals surface area contributed by atoms with Crippen LogP contribution in [0.1, 0.15) is 21.6 Å². The zero-order chi connectivity index (χ0) is 18.1. The first-order valence-electron chi connectivity index (χ1n) is 7.79. The van der Waals surface area contributed by atoms with Crippen molar-refractivity contribution in [2.75, 3.05) is 7.11 Å². The van der Waals surface area contributed by atoms with Gasteiger partial charge < -0.3 is 14.4 Å². The number of nitrogens with zero attached hydrogens (tertiary/aromatic N) is 1. The molecule has 0 spiro atoms. The zero-order valence-corrected chi connectivity index (χ0v) is 15.8. The van der Waals surface area contributed by atoms with Gasteiger partial charge in [-0.15, -0.1) is 0 Å². The Morgan fingerprint density at radius 2 is 1.84 bits per heavy atom. The van der Waals surface area contributed by atoms with Crippen LogP contribution in [0.3, 0.4) is 0 Å². The summed E-state index contributed by atoms with van der Waals surface area (Å²) in [6.45, 7) is 3.79. The molecule has 0 saturated heterocycles.